The van der Waals surface area contributed by atoms with Crippen LogP contribution in [-0.2, 0) is 0 Å². The van der Waals surface area contributed by atoms with Crippen LogP contribution in [0.15, 0.2) is 29.3 Å². The molecule has 1 atom stereocenters. The summed E-state index contributed by atoms with van der Waals surface area (Å²) in [4.78, 5) is 6.58. The quantitative estimate of drug-likeness (QED) is 0.382. The molecular formula is C13H19ClN4. The molecule has 0 saturated heterocycles. The van der Waals surface area contributed by atoms with Gasteiger partial charge in [0.05, 0.1) is 12.1 Å². The van der Waals surface area contributed by atoms with Crippen LogP contribution in [0.25, 0.3) is 0 Å². The molecule has 2 rings (SSSR count). The molecule has 1 aliphatic rings. The number of hydrogen-bond acceptors (Lipinski definition) is 2. The van der Waals surface area contributed by atoms with E-state index in [4.69, 9.17) is 17.4 Å². The first-order valence-electron chi connectivity index (χ1n) is 6.14. The van der Waals surface area contributed by atoms with Crippen molar-refractivity contribution in [1.82, 2.24) is 10.3 Å². The molecule has 1 aromatic carbocycles. The third kappa shape index (κ3) is 3.15. The average Bonchev–Trinajstić information content (AvgIpc) is 3.18. The lowest BCUT2D eigenvalue weighted by Gasteiger charge is -2.28. The van der Waals surface area contributed by atoms with Gasteiger partial charge in [0.25, 0.3) is 0 Å². The predicted molar refractivity (Wildman–Crippen MR) is 75.4 cm³/mol. The van der Waals surface area contributed by atoms with Gasteiger partial charge in [-0.3, -0.25) is 5.43 Å². The highest BCUT2D eigenvalue weighted by Crippen LogP contribution is 2.26. The average molecular weight is 267 g/mol. The number of halogens is 1. The Kier molecular flexibility index (Phi) is 4.09. The van der Waals surface area contributed by atoms with Gasteiger partial charge >= 0.3 is 0 Å². The molecule has 98 valence electrons. The monoisotopic (exact) mass is 266 g/mol. The van der Waals surface area contributed by atoms with Gasteiger partial charge < -0.3 is 4.90 Å². The molecule has 18 heavy (non-hydrogen) atoms. The summed E-state index contributed by atoms with van der Waals surface area (Å²) < 4.78 is 0. The lowest BCUT2D eigenvalue weighted by Crippen LogP contribution is -2.44. The van der Waals surface area contributed by atoms with E-state index in [1.165, 1.54) is 0 Å². The van der Waals surface area contributed by atoms with E-state index in [1.54, 1.807) is 0 Å². The van der Waals surface area contributed by atoms with Crippen molar-refractivity contribution in [1.29, 1.82) is 0 Å². The number of benzene rings is 1. The molecule has 0 heterocycles. The van der Waals surface area contributed by atoms with Crippen molar-refractivity contribution in [3.63, 3.8) is 0 Å². The fourth-order valence-electron chi connectivity index (χ4n) is 1.78. The Morgan fingerprint density at radius 3 is 2.83 bits per heavy atom. The Morgan fingerprint density at radius 2 is 2.28 bits per heavy atom. The van der Waals surface area contributed by atoms with E-state index < -0.39 is 0 Å². The smallest absolute Gasteiger partial charge is 0.208 e. The molecule has 1 unspecified atom stereocenters. The Bertz CT molecular complexity index is 442. The Labute approximate surface area is 113 Å². The van der Waals surface area contributed by atoms with E-state index in [-0.39, 0.29) is 6.04 Å². The van der Waals surface area contributed by atoms with Crippen LogP contribution < -0.4 is 11.3 Å². The first-order chi connectivity index (χ1) is 8.61. The maximum Gasteiger partial charge on any atom is 0.208 e. The predicted octanol–water partition coefficient (Wildman–Crippen LogP) is 2.31. The topological polar surface area (TPSA) is 53.6 Å². The number of hydrogen-bond donors (Lipinski definition) is 2. The fraction of sp³-hybridized carbons (Fsp3) is 0.462. The second-order valence-corrected chi connectivity index (χ2v) is 5.11. The molecule has 1 aliphatic carbocycles. The zero-order valence-electron chi connectivity index (χ0n) is 10.7. The number of aliphatic imine (C=N–C) groups is 1. The van der Waals surface area contributed by atoms with Crippen molar-refractivity contribution >= 4 is 17.6 Å². The Morgan fingerprint density at radius 1 is 1.56 bits per heavy atom. The SMILES string of the molecule is CC(c1cccc(Cl)c1)N(C)C(=NC1CC1)NN. The lowest BCUT2D eigenvalue weighted by atomic mass is 10.1. The van der Waals surface area contributed by atoms with Crippen LogP contribution in [-0.4, -0.2) is 23.9 Å². The van der Waals surface area contributed by atoms with E-state index in [0.717, 1.165) is 29.4 Å². The standard InChI is InChI=1S/C13H19ClN4/c1-9(10-4-3-5-11(14)8-10)18(2)13(17-15)16-12-6-7-12/h3-5,8-9,12H,6-7,15H2,1-2H3,(H,16,17). The van der Waals surface area contributed by atoms with Crippen molar-refractivity contribution in [2.75, 3.05) is 7.05 Å². The molecule has 4 nitrogen and oxygen atoms in total. The van der Waals surface area contributed by atoms with E-state index in [2.05, 4.69) is 23.4 Å². The van der Waals surface area contributed by atoms with Crippen molar-refractivity contribution in [2.24, 2.45) is 10.8 Å². The zero-order chi connectivity index (χ0) is 13.1. The molecule has 5 heteroatoms. The fourth-order valence-corrected chi connectivity index (χ4v) is 1.98. The summed E-state index contributed by atoms with van der Waals surface area (Å²) in [5.74, 6) is 6.27. The summed E-state index contributed by atoms with van der Waals surface area (Å²) in [5.41, 5.74) is 3.82. The second kappa shape index (κ2) is 5.59. The lowest BCUT2D eigenvalue weighted by molar-refractivity contribution is 0.386. The third-order valence-electron chi connectivity index (χ3n) is 3.23. The van der Waals surface area contributed by atoms with Crippen molar-refractivity contribution in [2.45, 2.75) is 31.8 Å². The van der Waals surface area contributed by atoms with Crippen LogP contribution in [0.4, 0.5) is 0 Å². The third-order valence-corrected chi connectivity index (χ3v) is 3.46. The summed E-state index contributed by atoms with van der Waals surface area (Å²) in [5, 5.41) is 0.745. The van der Waals surface area contributed by atoms with Gasteiger partial charge in [-0.15, -0.1) is 0 Å². The van der Waals surface area contributed by atoms with Gasteiger partial charge in [-0.05, 0) is 37.5 Å². The number of guanidine groups is 1. The number of nitrogens with zero attached hydrogens (tertiary/aromatic N) is 2. The van der Waals surface area contributed by atoms with Gasteiger partial charge in [0.15, 0.2) is 0 Å². The van der Waals surface area contributed by atoms with Crippen molar-refractivity contribution < 1.29 is 0 Å². The first-order valence-corrected chi connectivity index (χ1v) is 6.52. The summed E-state index contributed by atoms with van der Waals surface area (Å²) >= 11 is 6.01. The summed E-state index contributed by atoms with van der Waals surface area (Å²) in [6.45, 7) is 2.10. The van der Waals surface area contributed by atoms with Crippen LogP contribution in [0.5, 0.6) is 0 Å². The minimum absolute atomic E-state index is 0.164. The number of rotatable bonds is 3. The summed E-state index contributed by atoms with van der Waals surface area (Å²) in [6, 6.07) is 8.45. The maximum atomic E-state index is 6.01. The van der Waals surface area contributed by atoms with Gasteiger partial charge in [0.1, 0.15) is 0 Å². The minimum Gasteiger partial charge on any atom is -0.338 e. The first kappa shape index (κ1) is 13.2. The van der Waals surface area contributed by atoms with E-state index >= 15 is 0 Å². The summed E-state index contributed by atoms with van der Waals surface area (Å²) in [7, 11) is 1.98. The van der Waals surface area contributed by atoms with Crippen molar-refractivity contribution in [3.8, 4) is 0 Å². The maximum absolute atomic E-state index is 6.01. The molecule has 0 bridgehead atoms. The highest BCUT2D eigenvalue weighted by atomic mass is 35.5. The van der Waals surface area contributed by atoms with Gasteiger partial charge in [0, 0.05) is 12.1 Å². The van der Waals surface area contributed by atoms with Crippen LogP contribution in [0.2, 0.25) is 5.02 Å². The van der Waals surface area contributed by atoms with Gasteiger partial charge in [-0.2, -0.15) is 0 Å². The number of hydrazine groups is 1. The van der Waals surface area contributed by atoms with Crippen LogP contribution in [0, 0.1) is 0 Å². The van der Waals surface area contributed by atoms with Gasteiger partial charge in [0.2, 0.25) is 5.96 Å². The van der Waals surface area contributed by atoms with E-state index in [0.29, 0.717) is 6.04 Å². The molecule has 0 spiro atoms. The number of nitrogens with two attached hydrogens (primary N) is 1. The Hall–Kier alpha value is -1.26. The zero-order valence-corrected chi connectivity index (χ0v) is 11.5. The molecule has 3 N–H and O–H groups in total. The molecule has 0 aliphatic heterocycles. The molecule has 1 aromatic rings. The van der Waals surface area contributed by atoms with Crippen LogP contribution in [0.1, 0.15) is 31.4 Å². The summed E-state index contributed by atoms with van der Waals surface area (Å²) in [6.07, 6.45) is 2.31. The van der Waals surface area contributed by atoms with Gasteiger partial charge in [-0.25, -0.2) is 10.8 Å². The normalized spacial score (nSPS) is 17.4. The van der Waals surface area contributed by atoms with E-state index in [1.807, 2.05) is 30.1 Å². The number of nitrogens with one attached hydrogen (secondary N) is 1. The van der Waals surface area contributed by atoms with Gasteiger partial charge in [-0.1, -0.05) is 23.7 Å². The van der Waals surface area contributed by atoms with Crippen molar-refractivity contribution in [3.05, 3.63) is 34.9 Å². The molecule has 0 radical (unpaired) electrons. The highest BCUT2D eigenvalue weighted by Gasteiger charge is 2.23. The molecule has 0 aromatic heterocycles. The molecule has 1 saturated carbocycles. The largest absolute Gasteiger partial charge is 0.338 e. The Balaban J connectivity index is 2.13. The minimum atomic E-state index is 0.164. The second-order valence-electron chi connectivity index (χ2n) is 4.67. The van der Waals surface area contributed by atoms with Crippen LogP contribution in [0.3, 0.4) is 0 Å². The highest BCUT2D eigenvalue weighted by molar-refractivity contribution is 6.30. The molecule has 0 amide bonds. The molecule has 1 fully saturated rings. The van der Waals surface area contributed by atoms with E-state index in [9.17, 15) is 0 Å². The van der Waals surface area contributed by atoms with Crippen LogP contribution >= 0.6 is 11.6 Å². The molecular weight excluding hydrogens is 248 g/mol.